The Labute approximate surface area is 257 Å². The van der Waals surface area contributed by atoms with Gasteiger partial charge in [-0.15, -0.1) is 9.36 Å². The van der Waals surface area contributed by atoms with Crippen LogP contribution in [-0.4, -0.2) is 32.8 Å². The maximum Gasteiger partial charge on any atom is 0.403 e. The normalized spacial score (nSPS) is 11.3. The summed E-state index contributed by atoms with van der Waals surface area (Å²) in [4.78, 5) is 0. The van der Waals surface area contributed by atoms with E-state index in [4.69, 9.17) is 4.74 Å². The minimum atomic E-state index is 0. The van der Waals surface area contributed by atoms with Gasteiger partial charge < -0.3 is 4.74 Å². The molecule has 0 aliphatic rings. The van der Waals surface area contributed by atoms with Gasteiger partial charge in [-0.2, -0.15) is 0 Å². The molecule has 11 heteroatoms. The van der Waals surface area contributed by atoms with Crippen molar-refractivity contribution in [2.24, 2.45) is 20.5 Å². The summed E-state index contributed by atoms with van der Waals surface area (Å²) in [6.45, 7) is 12.9. The molecule has 0 radical (unpaired) electrons. The van der Waals surface area contributed by atoms with E-state index in [0.717, 1.165) is 88.3 Å². The van der Waals surface area contributed by atoms with Crippen LogP contribution in [0.1, 0.15) is 66.5 Å². The number of aromatic nitrogens is 6. The van der Waals surface area contributed by atoms with Crippen molar-refractivity contribution in [1.29, 1.82) is 0 Å². The zero-order chi connectivity index (χ0) is 28.9. The topological polar surface area (TPSA) is 102 Å². The highest BCUT2D eigenvalue weighted by atomic mass is 16.5. The van der Waals surface area contributed by atoms with Crippen molar-refractivity contribution < 1.29 is 13.9 Å². The standard InChI is InChI=1S/C30H42N10O.2CH4/c1-5-37-23-31-39(7-3)29(37)35-33-27-17-13-25(14-18-27)11-9-21-41-22-10-12-26-15-19-28(20-16-26)34-36-30-38(6-2)24-32-40(30)8-4;;/h13-20,23-24H,5-12,21-22H2,1-4H3;2*1H4/q+2;;. The van der Waals surface area contributed by atoms with Gasteiger partial charge in [-0.05, 0) is 99.0 Å². The number of hydrogen-bond donors (Lipinski definition) is 0. The average Bonchev–Trinajstić information content (AvgIpc) is 3.62. The van der Waals surface area contributed by atoms with Gasteiger partial charge >= 0.3 is 11.9 Å². The molecular weight excluding hydrogens is 540 g/mol. The van der Waals surface area contributed by atoms with Crippen LogP contribution in [0.3, 0.4) is 0 Å². The second kappa shape index (κ2) is 18.4. The maximum absolute atomic E-state index is 5.88. The first-order valence-electron chi connectivity index (χ1n) is 14.6. The first-order chi connectivity index (χ1) is 20.1. The monoisotopic (exact) mass is 590 g/mol. The molecule has 0 atom stereocenters. The van der Waals surface area contributed by atoms with E-state index in [1.54, 1.807) is 12.7 Å². The molecule has 0 saturated heterocycles. The van der Waals surface area contributed by atoms with Gasteiger partial charge in [0.1, 0.15) is 0 Å². The molecule has 0 fully saturated rings. The molecular formula is C32H50N10O+2. The Kier molecular flexibility index (Phi) is 15.0. The molecule has 2 heterocycles. The Hall–Kier alpha value is -4.12. The minimum Gasteiger partial charge on any atom is -0.381 e. The Morgan fingerprint density at radius 3 is 1.35 bits per heavy atom. The van der Waals surface area contributed by atoms with Crippen LogP contribution < -0.4 is 9.13 Å². The highest BCUT2D eigenvalue weighted by molar-refractivity contribution is 5.39. The third-order valence-corrected chi connectivity index (χ3v) is 6.81. The summed E-state index contributed by atoms with van der Waals surface area (Å²) in [6, 6.07) is 16.5. The second-order valence-electron chi connectivity index (χ2n) is 9.62. The zero-order valence-corrected chi connectivity index (χ0v) is 24.7. The summed E-state index contributed by atoms with van der Waals surface area (Å²) in [5.41, 5.74) is 4.22. The van der Waals surface area contributed by atoms with Crippen LogP contribution in [0.4, 0.5) is 23.3 Å². The van der Waals surface area contributed by atoms with Crippen molar-refractivity contribution in [2.75, 3.05) is 13.2 Å². The fourth-order valence-corrected chi connectivity index (χ4v) is 4.39. The molecule has 43 heavy (non-hydrogen) atoms. The van der Waals surface area contributed by atoms with E-state index in [9.17, 15) is 0 Å². The molecule has 0 amide bonds. The SMILES string of the molecule is C.C.CCn1nc[n+](CC)c1N=Nc1ccc(CCCOCCCc2ccc(N=Nc3n(CC)nc[n+]3CC)cc2)cc1. The van der Waals surface area contributed by atoms with E-state index in [2.05, 4.69) is 68.8 Å². The Morgan fingerprint density at radius 2 is 1.00 bits per heavy atom. The van der Waals surface area contributed by atoms with E-state index < -0.39 is 0 Å². The molecule has 232 valence electrons. The Morgan fingerprint density at radius 1 is 0.605 bits per heavy atom. The first-order valence-corrected chi connectivity index (χ1v) is 14.6. The van der Waals surface area contributed by atoms with E-state index in [-0.39, 0.29) is 14.9 Å². The lowest BCUT2D eigenvalue weighted by Crippen LogP contribution is -2.30. The predicted molar refractivity (Wildman–Crippen MR) is 170 cm³/mol. The van der Waals surface area contributed by atoms with Gasteiger partial charge in [0.2, 0.25) is 12.7 Å². The summed E-state index contributed by atoms with van der Waals surface area (Å²) >= 11 is 0. The van der Waals surface area contributed by atoms with Crippen LogP contribution in [0.2, 0.25) is 0 Å². The van der Waals surface area contributed by atoms with Crippen LogP contribution in [-0.2, 0) is 43.8 Å². The molecule has 2 aromatic carbocycles. The Bertz CT molecular complexity index is 1250. The molecule has 0 spiro atoms. The molecule has 0 aliphatic heterocycles. The van der Waals surface area contributed by atoms with Crippen molar-refractivity contribution in [3.05, 3.63) is 72.3 Å². The minimum absolute atomic E-state index is 0. The molecule has 11 nitrogen and oxygen atoms in total. The zero-order valence-electron chi connectivity index (χ0n) is 24.7. The van der Waals surface area contributed by atoms with Crippen molar-refractivity contribution >= 4 is 23.3 Å². The smallest absolute Gasteiger partial charge is 0.381 e. The lowest BCUT2D eigenvalue weighted by atomic mass is 10.1. The van der Waals surface area contributed by atoms with Gasteiger partial charge in [0.05, 0.1) is 37.6 Å². The highest BCUT2D eigenvalue weighted by Gasteiger charge is 2.16. The molecule has 4 aromatic rings. The van der Waals surface area contributed by atoms with Crippen molar-refractivity contribution in [3.8, 4) is 0 Å². The molecule has 0 aliphatic carbocycles. The lowest BCUT2D eigenvalue weighted by Gasteiger charge is -2.05. The molecule has 0 N–H and O–H groups in total. The van der Waals surface area contributed by atoms with Gasteiger partial charge in [0.25, 0.3) is 0 Å². The van der Waals surface area contributed by atoms with Crippen LogP contribution in [0.15, 0.2) is 81.6 Å². The largest absolute Gasteiger partial charge is 0.403 e. The summed E-state index contributed by atoms with van der Waals surface area (Å²) in [7, 11) is 0. The number of ether oxygens (including phenoxy) is 1. The van der Waals surface area contributed by atoms with Crippen molar-refractivity contribution in [1.82, 2.24) is 19.6 Å². The molecule has 0 saturated carbocycles. The van der Waals surface area contributed by atoms with Crippen LogP contribution in [0.25, 0.3) is 0 Å². The van der Waals surface area contributed by atoms with Gasteiger partial charge in [-0.3, -0.25) is 0 Å². The van der Waals surface area contributed by atoms with Gasteiger partial charge in [0, 0.05) is 23.4 Å². The van der Waals surface area contributed by atoms with E-state index >= 15 is 0 Å². The van der Waals surface area contributed by atoms with Gasteiger partial charge in [-0.25, -0.2) is 9.13 Å². The summed E-state index contributed by atoms with van der Waals surface area (Å²) in [5.74, 6) is 1.52. The number of benzene rings is 2. The van der Waals surface area contributed by atoms with E-state index in [1.807, 2.05) is 56.6 Å². The van der Waals surface area contributed by atoms with Crippen molar-refractivity contribution in [2.45, 2.75) is 94.4 Å². The van der Waals surface area contributed by atoms with Crippen molar-refractivity contribution in [3.63, 3.8) is 0 Å². The lowest BCUT2D eigenvalue weighted by molar-refractivity contribution is -0.681. The van der Waals surface area contributed by atoms with Crippen LogP contribution >= 0.6 is 0 Å². The number of nitrogens with zero attached hydrogens (tertiary/aromatic N) is 10. The van der Waals surface area contributed by atoms with E-state index in [1.165, 1.54) is 11.1 Å². The summed E-state index contributed by atoms with van der Waals surface area (Å²) < 4.78 is 13.5. The molecule has 2 aromatic heterocycles. The van der Waals surface area contributed by atoms with Crippen LogP contribution in [0, 0.1) is 0 Å². The molecule has 0 unspecified atom stereocenters. The fourth-order valence-electron chi connectivity index (χ4n) is 4.39. The summed E-state index contributed by atoms with van der Waals surface area (Å²) in [5, 5.41) is 26.3. The Balaban J connectivity index is 0.00000323. The molecule has 4 rings (SSSR count). The molecule has 0 bridgehead atoms. The van der Waals surface area contributed by atoms with Crippen LogP contribution in [0.5, 0.6) is 0 Å². The third-order valence-electron chi connectivity index (χ3n) is 6.81. The predicted octanol–water partition coefficient (Wildman–Crippen LogP) is 7.42. The quantitative estimate of drug-likeness (QED) is 0.0771. The van der Waals surface area contributed by atoms with Gasteiger partial charge in [0.15, 0.2) is 0 Å². The maximum atomic E-state index is 5.88. The summed E-state index contributed by atoms with van der Waals surface area (Å²) in [6.07, 6.45) is 7.51. The number of hydrogen-bond acceptors (Lipinski definition) is 7. The van der Waals surface area contributed by atoms with E-state index in [0.29, 0.717) is 0 Å². The number of aryl methyl sites for hydroxylation is 6. The third kappa shape index (κ3) is 9.99. The average molecular weight is 591 g/mol. The number of rotatable bonds is 16. The fraction of sp³-hybridized carbons (Fsp3) is 0.500. The van der Waals surface area contributed by atoms with Gasteiger partial charge in [-0.1, -0.05) is 49.3 Å². The first kappa shape index (κ1) is 35.1. The second-order valence-corrected chi connectivity index (χ2v) is 9.62. The highest BCUT2D eigenvalue weighted by Crippen LogP contribution is 2.19. The number of azo groups is 2.